The lowest BCUT2D eigenvalue weighted by atomic mass is 10.1. The summed E-state index contributed by atoms with van der Waals surface area (Å²) in [5.74, 6) is -0.336. The fraction of sp³-hybridized carbons (Fsp3) is 0.241. The maximum Gasteiger partial charge on any atom is 0.389 e. The Bertz CT molecular complexity index is 1270. The van der Waals surface area contributed by atoms with Crippen LogP contribution in [0.2, 0.25) is 0 Å². The molecule has 0 amide bonds. The molecule has 0 aliphatic heterocycles. The predicted octanol–water partition coefficient (Wildman–Crippen LogP) is 5.98. The molecule has 0 aromatic heterocycles. The van der Waals surface area contributed by atoms with E-state index in [2.05, 4.69) is 0 Å². The molecule has 3 aromatic carbocycles. The Morgan fingerprint density at radius 1 is 0.846 bits per heavy atom. The van der Waals surface area contributed by atoms with Crippen LogP contribution in [0, 0.1) is 0 Å². The topological polar surface area (TPSA) is 114 Å². The third-order valence-corrected chi connectivity index (χ3v) is 5.50. The van der Waals surface area contributed by atoms with Gasteiger partial charge in [0.1, 0.15) is 11.5 Å². The lowest BCUT2D eigenvalue weighted by molar-refractivity contribution is -0.138. The Labute approximate surface area is 224 Å². The van der Waals surface area contributed by atoms with Gasteiger partial charge in [-0.25, -0.2) is 9.59 Å². The monoisotopic (exact) mass is 542 g/mol. The quantitative estimate of drug-likeness (QED) is 0.0951. The van der Waals surface area contributed by atoms with Crippen molar-refractivity contribution in [1.82, 2.24) is 0 Å². The molecule has 0 saturated carbocycles. The number of rotatable bonds is 12. The number of alkyl halides is 3. The van der Waals surface area contributed by atoms with Gasteiger partial charge in [0.2, 0.25) is 0 Å². The lowest BCUT2D eigenvalue weighted by Gasteiger charge is -2.09. The number of nitrogens with two attached hydrogens (primary N) is 2. The number of benzene rings is 3. The summed E-state index contributed by atoms with van der Waals surface area (Å²) in [6.07, 6.45) is -1.40. The first-order chi connectivity index (χ1) is 18.6. The van der Waals surface area contributed by atoms with Crippen LogP contribution in [-0.2, 0) is 16.0 Å². The van der Waals surface area contributed by atoms with Crippen molar-refractivity contribution in [3.05, 3.63) is 89.5 Å². The molecule has 0 aliphatic rings. The van der Waals surface area contributed by atoms with Crippen molar-refractivity contribution in [2.45, 2.75) is 31.9 Å². The molecule has 0 saturated heterocycles. The molecule has 39 heavy (non-hydrogen) atoms. The Balaban J connectivity index is 1.40. The molecule has 0 radical (unpaired) electrons. The summed E-state index contributed by atoms with van der Waals surface area (Å²) in [6, 6.07) is 17.8. The summed E-state index contributed by atoms with van der Waals surface area (Å²) in [5, 5.41) is 0. The van der Waals surface area contributed by atoms with E-state index in [1.807, 2.05) is 0 Å². The van der Waals surface area contributed by atoms with Gasteiger partial charge in [-0.15, -0.1) is 0 Å². The highest BCUT2D eigenvalue weighted by atomic mass is 19.4. The van der Waals surface area contributed by atoms with E-state index in [-0.39, 0.29) is 31.8 Å². The van der Waals surface area contributed by atoms with Crippen LogP contribution in [0.15, 0.2) is 72.8 Å². The van der Waals surface area contributed by atoms with Crippen LogP contribution < -0.4 is 20.9 Å². The Hall–Kier alpha value is -4.47. The van der Waals surface area contributed by atoms with Crippen molar-refractivity contribution in [3.8, 4) is 11.5 Å². The van der Waals surface area contributed by atoms with Crippen molar-refractivity contribution in [2.75, 3.05) is 24.7 Å². The number of anilines is 2. The summed E-state index contributed by atoms with van der Waals surface area (Å²) in [4.78, 5) is 24.4. The van der Waals surface area contributed by atoms with E-state index in [0.717, 1.165) is 5.56 Å². The highest BCUT2D eigenvalue weighted by Gasteiger charge is 2.25. The third-order valence-electron chi connectivity index (χ3n) is 5.50. The standard InChI is InChI=1S/C29H29F3N2O5/c30-29(31,32)16-1-2-17-37-24-10-12-25(13-11-24)39-28(36)22-6-3-20(4-7-22)5-14-27(35)38-18-15-21-8-9-23(33)19-26(21)34/h3-14,19H,1-2,15-18,33-34H2. The number of carbonyl (C=O) groups excluding carboxylic acids is 2. The first kappa shape index (κ1) is 29.1. The summed E-state index contributed by atoms with van der Waals surface area (Å²) < 4.78 is 52.4. The largest absolute Gasteiger partial charge is 0.494 e. The summed E-state index contributed by atoms with van der Waals surface area (Å²) in [6.45, 7) is 0.323. The van der Waals surface area contributed by atoms with Gasteiger partial charge in [0.05, 0.1) is 18.8 Å². The second-order valence-corrected chi connectivity index (χ2v) is 8.61. The average Bonchev–Trinajstić information content (AvgIpc) is 2.89. The summed E-state index contributed by atoms with van der Waals surface area (Å²) in [5.41, 5.74) is 14.5. The lowest BCUT2D eigenvalue weighted by Crippen LogP contribution is -2.08. The van der Waals surface area contributed by atoms with Gasteiger partial charge in [-0.2, -0.15) is 13.2 Å². The van der Waals surface area contributed by atoms with Crippen molar-refractivity contribution >= 4 is 29.4 Å². The first-order valence-electron chi connectivity index (χ1n) is 12.2. The van der Waals surface area contributed by atoms with Crippen LogP contribution in [0.5, 0.6) is 11.5 Å². The second-order valence-electron chi connectivity index (χ2n) is 8.61. The maximum atomic E-state index is 12.4. The van der Waals surface area contributed by atoms with Crippen LogP contribution in [0.4, 0.5) is 24.5 Å². The van der Waals surface area contributed by atoms with E-state index in [4.69, 9.17) is 25.7 Å². The van der Waals surface area contributed by atoms with E-state index in [9.17, 15) is 22.8 Å². The van der Waals surface area contributed by atoms with E-state index >= 15 is 0 Å². The highest BCUT2D eigenvalue weighted by Crippen LogP contribution is 2.23. The molecule has 3 aromatic rings. The molecule has 0 aliphatic carbocycles. The molecule has 0 spiro atoms. The van der Waals surface area contributed by atoms with Gasteiger partial charge < -0.3 is 25.7 Å². The number of carbonyl (C=O) groups is 2. The summed E-state index contributed by atoms with van der Waals surface area (Å²) >= 11 is 0. The smallest absolute Gasteiger partial charge is 0.389 e. The minimum absolute atomic E-state index is 0.000892. The first-order valence-corrected chi connectivity index (χ1v) is 12.2. The van der Waals surface area contributed by atoms with E-state index in [1.165, 1.54) is 18.2 Å². The highest BCUT2D eigenvalue weighted by molar-refractivity contribution is 5.91. The number of ether oxygens (including phenoxy) is 3. The van der Waals surface area contributed by atoms with Crippen molar-refractivity contribution < 1.29 is 37.0 Å². The van der Waals surface area contributed by atoms with Crippen LogP contribution in [0.3, 0.4) is 0 Å². The van der Waals surface area contributed by atoms with Crippen molar-refractivity contribution in [3.63, 3.8) is 0 Å². The molecule has 0 fully saturated rings. The molecule has 0 bridgehead atoms. The molecule has 206 valence electrons. The molecule has 0 unspecified atom stereocenters. The van der Waals surface area contributed by atoms with Gasteiger partial charge in [0.15, 0.2) is 0 Å². The van der Waals surface area contributed by atoms with Gasteiger partial charge in [-0.05, 0) is 78.6 Å². The molecular weight excluding hydrogens is 513 g/mol. The van der Waals surface area contributed by atoms with Gasteiger partial charge in [-0.3, -0.25) is 0 Å². The van der Waals surface area contributed by atoms with E-state index < -0.39 is 24.5 Å². The van der Waals surface area contributed by atoms with Crippen LogP contribution >= 0.6 is 0 Å². The summed E-state index contributed by atoms with van der Waals surface area (Å²) in [7, 11) is 0. The minimum atomic E-state index is -4.16. The number of hydrogen-bond acceptors (Lipinski definition) is 7. The molecule has 3 rings (SSSR count). The number of halogens is 3. The van der Waals surface area contributed by atoms with Crippen LogP contribution in [-0.4, -0.2) is 31.3 Å². The Kier molecular flexibility index (Phi) is 10.4. The molecular formula is C29H29F3N2O5. The average molecular weight is 543 g/mol. The van der Waals surface area contributed by atoms with Gasteiger partial charge in [0, 0.05) is 30.3 Å². The van der Waals surface area contributed by atoms with Gasteiger partial charge >= 0.3 is 18.1 Å². The molecule has 0 heterocycles. The Morgan fingerprint density at radius 2 is 1.54 bits per heavy atom. The van der Waals surface area contributed by atoms with Crippen molar-refractivity contribution in [1.29, 1.82) is 0 Å². The van der Waals surface area contributed by atoms with Gasteiger partial charge in [0.25, 0.3) is 0 Å². The third kappa shape index (κ3) is 10.4. The predicted molar refractivity (Wildman–Crippen MR) is 142 cm³/mol. The number of hydrogen-bond donors (Lipinski definition) is 2. The molecule has 4 N–H and O–H groups in total. The zero-order valence-corrected chi connectivity index (χ0v) is 21.1. The van der Waals surface area contributed by atoms with Gasteiger partial charge in [-0.1, -0.05) is 18.2 Å². The van der Waals surface area contributed by atoms with E-state index in [0.29, 0.717) is 34.7 Å². The number of esters is 2. The van der Waals surface area contributed by atoms with Crippen molar-refractivity contribution in [2.24, 2.45) is 0 Å². The maximum absolute atomic E-state index is 12.4. The zero-order valence-electron chi connectivity index (χ0n) is 21.1. The normalized spacial score (nSPS) is 11.4. The van der Waals surface area contributed by atoms with Crippen LogP contribution in [0.1, 0.15) is 40.7 Å². The molecule has 10 heteroatoms. The zero-order chi connectivity index (χ0) is 28.3. The fourth-order valence-corrected chi connectivity index (χ4v) is 3.43. The Morgan fingerprint density at radius 3 is 2.21 bits per heavy atom. The fourth-order valence-electron chi connectivity index (χ4n) is 3.43. The van der Waals surface area contributed by atoms with E-state index in [1.54, 1.807) is 60.7 Å². The number of nitrogen functional groups attached to an aromatic ring is 2. The SMILES string of the molecule is Nc1ccc(CCOC(=O)C=Cc2ccc(C(=O)Oc3ccc(OCCCCC(F)(F)F)cc3)cc2)c(N)c1. The molecule has 7 nitrogen and oxygen atoms in total. The minimum Gasteiger partial charge on any atom is -0.494 e. The number of unbranched alkanes of at least 4 members (excludes halogenated alkanes) is 1. The second kappa shape index (κ2) is 13.9. The molecule has 0 atom stereocenters. The van der Waals surface area contributed by atoms with Crippen LogP contribution in [0.25, 0.3) is 6.08 Å².